The van der Waals surface area contributed by atoms with Crippen molar-refractivity contribution >= 4 is 29.0 Å². The summed E-state index contributed by atoms with van der Waals surface area (Å²) in [5.74, 6) is -0.240. The highest BCUT2D eigenvalue weighted by atomic mass is 16.5. The Labute approximate surface area is 191 Å². The Kier molecular flexibility index (Phi) is 6.59. The Morgan fingerprint density at radius 2 is 1.62 bits per heavy atom. The molecule has 1 aliphatic rings. The number of ether oxygens (including phenoxy) is 1. The van der Waals surface area contributed by atoms with Gasteiger partial charge in [0.2, 0.25) is 0 Å². The molecule has 170 valence electrons. The second-order valence-corrected chi connectivity index (χ2v) is 10.7. The van der Waals surface area contributed by atoms with Gasteiger partial charge in [0.15, 0.2) is 6.73 Å². The minimum Gasteiger partial charge on any atom is -0.443 e. The van der Waals surface area contributed by atoms with Gasteiger partial charge in [0, 0.05) is 18.2 Å². The Hall–Kier alpha value is -2.95. The first-order valence-electron chi connectivity index (χ1n) is 11.1. The molecule has 5 heteroatoms. The van der Waals surface area contributed by atoms with Crippen LogP contribution >= 0.6 is 0 Å². The smallest absolute Gasteiger partial charge is 0.304 e. The lowest BCUT2D eigenvalue weighted by Crippen LogP contribution is -2.26. The maximum Gasteiger partial charge on any atom is 0.304 e. The highest BCUT2D eigenvalue weighted by Gasteiger charge is 2.35. The second kappa shape index (κ2) is 8.89. The van der Waals surface area contributed by atoms with E-state index in [9.17, 15) is 9.59 Å². The lowest BCUT2D eigenvalue weighted by Gasteiger charge is -2.36. The van der Waals surface area contributed by atoms with Crippen LogP contribution < -0.4 is 4.90 Å². The second-order valence-electron chi connectivity index (χ2n) is 10.7. The number of nitrogens with zero attached hydrogens (tertiary/aromatic N) is 2. The largest absolute Gasteiger partial charge is 0.443 e. The zero-order valence-electron chi connectivity index (χ0n) is 20.2. The van der Waals surface area contributed by atoms with E-state index in [1.165, 1.54) is 12.5 Å². The summed E-state index contributed by atoms with van der Waals surface area (Å²) in [6.45, 7) is 14.8. The van der Waals surface area contributed by atoms with E-state index in [0.29, 0.717) is 11.6 Å². The maximum atomic E-state index is 13.3. The number of esters is 1. The van der Waals surface area contributed by atoms with Gasteiger partial charge in [-0.25, -0.2) is 4.99 Å². The molecule has 0 N–H and O–H groups in total. The standard InChI is InChI=1S/C27H34N2O3/c1-18(30)32-17-28-24-21-10-8-9-11-23(21)29(25(24)31)20-14-12-19(13-15-20)22(27(5,6)7)16-26(2,3)4/h8-15,22H,16-17H2,1-7H3/b28-24+. The molecule has 3 rings (SSSR count). The van der Waals surface area contributed by atoms with Gasteiger partial charge in [-0.3, -0.25) is 14.5 Å². The molecule has 1 aliphatic heterocycles. The van der Waals surface area contributed by atoms with E-state index in [-0.39, 0.29) is 23.5 Å². The fourth-order valence-corrected chi connectivity index (χ4v) is 4.19. The van der Waals surface area contributed by atoms with E-state index in [2.05, 4.69) is 58.7 Å². The first-order chi connectivity index (χ1) is 14.9. The Morgan fingerprint density at radius 3 is 2.19 bits per heavy atom. The van der Waals surface area contributed by atoms with Gasteiger partial charge in [0.05, 0.1) is 5.69 Å². The molecule has 0 radical (unpaired) electrons. The predicted molar refractivity (Wildman–Crippen MR) is 129 cm³/mol. The summed E-state index contributed by atoms with van der Waals surface area (Å²) in [4.78, 5) is 30.3. The molecular formula is C27H34N2O3. The molecule has 0 saturated carbocycles. The minimum absolute atomic E-state index is 0.126. The molecule has 1 amide bonds. The Bertz CT molecular complexity index is 1020. The third-order valence-electron chi connectivity index (χ3n) is 5.71. The van der Waals surface area contributed by atoms with Crippen LogP contribution in [0.1, 0.15) is 71.9 Å². The lowest BCUT2D eigenvalue weighted by molar-refractivity contribution is -0.140. The van der Waals surface area contributed by atoms with Crippen molar-refractivity contribution < 1.29 is 14.3 Å². The first kappa shape index (κ1) is 23.7. The van der Waals surface area contributed by atoms with Crippen LogP contribution in [0.15, 0.2) is 53.5 Å². The van der Waals surface area contributed by atoms with Crippen LogP contribution in [0.25, 0.3) is 0 Å². The summed E-state index contributed by atoms with van der Waals surface area (Å²) in [6, 6.07) is 15.9. The molecule has 0 saturated heterocycles. The van der Waals surface area contributed by atoms with Crippen LogP contribution in [-0.4, -0.2) is 24.3 Å². The van der Waals surface area contributed by atoms with Crippen molar-refractivity contribution in [2.24, 2.45) is 15.8 Å². The molecule has 1 atom stereocenters. The van der Waals surface area contributed by atoms with E-state index in [1.807, 2.05) is 36.4 Å². The normalized spacial score (nSPS) is 16.3. The van der Waals surface area contributed by atoms with Crippen molar-refractivity contribution in [2.45, 2.75) is 60.8 Å². The van der Waals surface area contributed by atoms with Crippen molar-refractivity contribution in [1.29, 1.82) is 0 Å². The number of rotatable bonds is 5. The van der Waals surface area contributed by atoms with Gasteiger partial charge in [-0.2, -0.15) is 0 Å². The number of anilines is 2. The van der Waals surface area contributed by atoms with Crippen LogP contribution in [-0.2, 0) is 14.3 Å². The zero-order chi connectivity index (χ0) is 23.7. The summed E-state index contributed by atoms with van der Waals surface area (Å²) < 4.78 is 4.92. The fraction of sp³-hybridized carbons (Fsp3) is 0.444. The number of fused-ring (bicyclic) bond motifs is 1. The summed E-state index contributed by atoms with van der Waals surface area (Å²) in [5, 5.41) is 0. The average molecular weight is 435 g/mol. The molecular weight excluding hydrogens is 400 g/mol. The van der Waals surface area contributed by atoms with E-state index in [1.54, 1.807) is 4.90 Å². The minimum atomic E-state index is -0.427. The van der Waals surface area contributed by atoms with Gasteiger partial charge in [-0.05, 0) is 46.9 Å². The van der Waals surface area contributed by atoms with Gasteiger partial charge < -0.3 is 4.74 Å². The van der Waals surface area contributed by atoms with Gasteiger partial charge in [-0.15, -0.1) is 0 Å². The summed E-state index contributed by atoms with van der Waals surface area (Å²) in [6.07, 6.45) is 1.08. The summed E-state index contributed by atoms with van der Waals surface area (Å²) in [5.41, 5.74) is 4.26. The molecule has 0 fully saturated rings. The van der Waals surface area contributed by atoms with Gasteiger partial charge in [-0.1, -0.05) is 71.9 Å². The molecule has 1 unspecified atom stereocenters. The lowest BCUT2D eigenvalue weighted by atomic mass is 9.69. The molecule has 32 heavy (non-hydrogen) atoms. The molecule has 0 aromatic heterocycles. The number of aliphatic imine (C=N–C) groups is 1. The molecule has 2 aromatic carbocycles. The van der Waals surface area contributed by atoms with Gasteiger partial charge in [0.25, 0.3) is 5.91 Å². The van der Waals surface area contributed by atoms with Crippen LogP contribution in [0.4, 0.5) is 11.4 Å². The third-order valence-corrected chi connectivity index (χ3v) is 5.71. The number of carbonyl (C=O) groups excluding carboxylic acids is 2. The van der Waals surface area contributed by atoms with Crippen molar-refractivity contribution in [2.75, 3.05) is 11.6 Å². The molecule has 5 nitrogen and oxygen atoms in total. The Morgan fingerprint density at radius 1 is 1.00 bits per heavy atom. The fourth-order valence-electron chi connectivity index (χ4n) is 4.19. The van der Waals surface area contributed by atoms with Crippen LogP contribution in [0, 0.1) is 10.8 Å². The number of para-hydroxylation sites is 1. The van der Waals surface area contributed by atoms with Gasteiger partial charge in [0.1, 0.15) is 5.71 Å². The van der Waals surface area contributed by atoms with Crippen LogP contribution in [0.2, 0.25) is 0 Å². The van der Waals surface area contributed by atoms with Crippen molar-refractivity contribution in [3.63, 3.8) is 0 Å². The predicted octanol–water partition coefficient (Wildman–Crippen LogP) is 6.24. The highest BCUT2D eigenvalue weighted by Crippen LogP contribution is 2.44. The topological polar surface area (TPSA) is 59.0 Å². The van der Waals surface area contributed by atoms with Gasteiger partial charge >= 0.3 is 5.97 Å². The number of hydrogen-bond donors (Lipinski definition) is 0. The van der Waals surface area contributed by atoms with E-state index >= 15 is 0 Å². The Balaban J connectivity index is 1.94. The molecule has 0 aliphatic carbocycles. The first-order valence-corrected chi connectivity index (χ1v) is 11.1. The average Bonchev–Trinajstić information content (AvgIpc) is 2.96. The number of carbonyl (C=O) groups is 2. The van der Waals surface area contributed by atoms with E-state index in [4.69, 9.17) is 4.74 Å². The van der Waals surface area contributed by atoms with Crippen molar-refractivity contribution in [1.82, 2.24) is 0 Å². The molecule has 0 bridgehead atoms. The summed E-state index contributed by atoms with van der Waals surface area (Å²) >= 11 is 0. The number of hydrogen-bond acceptors (Lipinski definition) is 4. The number of amides is 1. The maximum absolute atomic E-state index is 13.3. The van der Waals surface area contributed by atoms with Crippen molar-refractivity contribution in [3.05, 3.63) is 59.7 Å². The summed E-state index contributed by atoms with van der Waals surface area (Å²) in [7, 11) is 0. The monoisotopic (exact) mass is 434 g/mol. The van der Waals surface area contributed by atoms with E-state index < -0.39 is 5.97 Å². The molecule has 2 aromatic rings. The molecule has 1 heterocycles. The zero-order valence-corrected chi connectivity index (χ0v) is 20.2. The van der Waals surface area contributed by atoms with Crippen LogP contribution in [0.3, 0.4) is 0 Å². The molecule has 0 spiro atoms. The van der Waals surface area contributed by atoms with Crippen molar-refractivity contribution in [3.8, 4) is 0 Å². The quantitative estimate of drug-likeness (QED) is 0.523. The highest BCUT2D eigenvalue weighted by molar-refractivity contribution is 6.55. The third kappa shape index (κ3) is 5.26. The van der Waals surface area contributed by atoms with Crippen LogP contribution in [0.5, 0.6) is 0 Å². The number of benzene rings is 2. The SMILES string of the molecule is CC(=O)OC/N=C1/C(=O)N(c2ccc(C(CC(C)(C)C)C(C)(C)C)cc2)c2ccccc21. The van der Waals surface area contributed by atoms with E-state index in [0.717, 1.165) is 23.4 Å².